The lowest BCUT2D eigenvalue weighted by molar-refractivity contribution is -0.269. The van der Waals surface area contributed by atoms with Gasteiger partial charge >= 0.3 is 0 Å². The molecule has 0 unspecified atom stereocenters. The van der Waals surface area contributed by atoms with Gasteiger partial charge in [-0.05, 0) is 6.92 Å². The van der Waals surface area contributed by atoms with Gasteiger partial charge in [-0.1, -0.05) is 6.92 Å². The summed E-state index contributed by atoms with van der Waals surface area (Å²) in [5, 5.41) is 19.2. The fourth-order valence-corrected chi connectivity index (χ4v) is 1.29. The van der Waals surface area contributed by atoms with Crippen LogP contribution in [0.1, 0.15) is 13.8 Å². The number of aliphatic hydroxyl groups is 2. The van der Waals surface area contributed by atoms with E-state index in [0.717, 1.165) is 0 Å². The molecule has 1 aliphatic heterocycles. The van der Waals surface area contributed by atoms with Gasteiger partial charge in [-0.3, -0.25) is 0 Å². The van der Waals surface area contributed by atoms with Crippen molar-refractivity contribution in [2.45, 2.75) is 31.8 Å². The average molecular weight is 176 g/mol. The zero-order valence-corrected chi connectivity index (χ0v) is 7.65. The Balaban J connectivity index is 2.65. The molecule has 1 fully saturated rings. The van der Waals surface area contributed by atoms with Gasteiger partial charge in [-0.15, -0.1) is 0 Å². The van der Waals surface area contributed by atoms with Crippen LogP contribution in [0.25, 0.3) is 0 Å². The molecular formula is C8H16O4. The van der Waals surface area contributed by atoms with Crippen molar-refractivity contribution in [3.05, 3.63) is 0 Å². The molecule has 1 aliphatic rings. The minimum Gasteiger partial charge on any atom is -0.387 e. The molecular weight excluding hydrogens is 160 g/mol. The first-order chi connectivity index (χ1) is 5.49. The predicted molar refractivity (Wildman–Crippen MR) is 42.5 cm³/mol. The van der Waals surface area contributed by atoms with Crippen LogP contribution in [0.5, 0.6) is 0 Å². The van der Waals surface area contributed by atoms with Crippen molar-refractivity contribution in [1.82, 2.24) is 0 Å². The topological polar surface area (TPSA) is 58.9 Å². The lowest BCUT2D eigenvalue weighted by Gasteiger charge is -2.41. The third kappa shape index (κ3) is 1.61. The first kappa shape index (κ1) is 9.92. The second-order valence-electron chi connectivity index (χ2n) is 3.55. The molecule has 1 saturated heterocycles. The summed E-state index contributed by atoms with van der Waals surface area (Å²) in [6, 6.07) is 0. The van der Waals surface area contributed by atoms with Crippen LogP contribution < -0.4 is 0 Å². The number of ether oxygens (including phenoxy) is 2. The summed E-state index contributed by atoms with van der Waals surface area (Å²) < 4.78 is 9.99. The molecule has 72 valence electrons. The van der Waals surface area contributed by atoms with Crippen molar-refractivity contribution < 1.29 is 19.7 Å². The van der Waals surface area contributed by atoms with Crippen molar-refractivity contribution in [2.75, 3.05) is 13.7 Å². The fourth-order valence-electron chi connectivity index (χ4n) is 1.29. The SMILES string of the molecule is CO[C@H]1OC[C@](C)(O)[C@H](C)[C@H]1O. The lowest BCUT2D eigenvalue weighted by Crippen LogP contribution is -2.55. The maximum absolute atomic E-state index is 9.69. The summed E-state index contributed by atoms with van der Waals surface area (Å²) in [5.74, 6) is -0.240. The molecule has 0 aromatic heterocycles. The summed E-state index contributed by atoms with van der Waals surface area (Å²) >= 11 is 0. The fraction of sp³-hybridized carbons (Fsp3) is 1.00. The van der Waals surface area contributed by atoms with E-state index >= 15 is 0 Å². The monoisotopic (exact) mass is 176 g/mol. The third-order valence-corrected chi connectivity index (χ3v) is 2.54. The third-order valence-electron chi connectivity index (χ3n) is 2.54. The summed E-state index contributed by atoms with van der Waals surface area (Å²) in [6.07, 6.45) is -1.38. The Kier molecular flexibility index (Phi) is 2.73. The molecule has 0 saturated carbocycles. The zero-order valence-electron chi connectivity index (χ0n) is 7.65. The van der Waals surface area contributed by atoms with Gasteiger partial charge in [0.15, 0.2) is 6.29 Å². The van der Waals surface area contributed by atoms with Gasteiger partial charge < -0.3 is 19.7 Å². The van der Waals surface area contributed by atoms with Gasteiger partial charge in [-0.2, -0.15) is 0 Å². The van der Waals surface area contributed by atoms with Crippen molar-refractivity contribution >= 4 is 0 Å². The molecule has 4 nitrogen and oxygen atoms in total. The van der Waals surface area contributed by atoms with Crippen LogP contribution in [0.2, 0.25) is 0 Å². The molecule has 0 aromatic carbocycles. The van der Waals surface area contributed by atoms with Gasteiger partial charge in [-0.25, -0.2) is 0 Å². The molecule has 0 aliphatic carbocycles. The number of methoxy groups -OCH3 is 1. The van der Waals surface area contributed by atoms with E-state index < -0.39 is 18.0 Å². The molecule has 1 heterocycles. The Morgan fingerprint density at radius 3 is 2.67 bits per heavy atom. The normalized spacial score (nSPS) is 49.2. The van der Waals surface area contributed by atoms with Crippen LogP contribution in [0, 0.1) is 5.92 Å². The number of aliphatic hydroxyl groups excluding tert-OH is 1. The van der Waals surface area contributed by atoms with E-state index in [4.69, 9.17) is 9.47 Å². The van der Waals surface area contributed by atoms with Crippen LogP contribution >= 0.6 is 0 Å². The highest BCUT2D eigenvalue weighted by Gasteiger charge is 2.43. The molecule has 12 heavy (non-hydrogen) atoms. The highest BCUT2D eigenvalue weighted by molar-refractivity contribution is 4.89. The number of rotatable bonds is 1. The van der Waals surface area contributed by atoms with Crippen LogP contribution in [0.3, 0.4) is 0 Å². The largest absolute Gasteiger partial charge is 0.387 e. The standard InChI is InChI=1S/C8H16O4/c1-5-6(9)7(11-3)12-4-8(5,2)10/h5-7,9-10H,4H2,1-3H3/t5-,6-,7+,8+/m1/s1. The van der Waals surface area contributed by atoms with E-state index in [2.05, 4.69) is 0 Å². The van der Waals surface area contributed by atoms with Crippen LogP contribution in [0.4, 0.5) is 0 Å². The van der Waals surface area contributed by atoms with Gasteiger partial charge in [0, 0.05) is 13.0 Å². The van der Waals surface area contributed by atoms with Gasteiger partial charge in [0.2, 0.25) is 0 Å². The predicted octanol–water partition coefficient (Wildman–Crippen LogP) is -0.263. The maximum Gasteiger partial charge on any atom is 0.183 e. The molecule has 0 spiro atoms. The maximum atomic E-state index is 9.69. The zero-order chi connectivity index (χ0) is 9.35. The minimum absolute atomic E-state index is 0.198. The van der Waals surface area contributed by atoms with E-state index in [9.17, 15) is 10.2 Å². The summed E-state index contributed by atoms with van der Waals surface area (Å²) in [7, 11) is 1.47. The second-order valence-corrected chi connectivity index (χ2v) is 3.55. The Bertz CT molecular complexity index is 157. The smallest absolute Gasteiger partial charge is 0.183 e. The minimum atomic E-state index is -0.964. The van der Waals surface area contributed by atoms with Crippen molar-refractivity contribution in [1.29, 1.82) is 0 Å². The molecule has 4 heteroatoms. The number of hydrogen-bond donors (Lipinski definition) is 2. The summed E-state index contributed by atoms with van der Waals surface area (Å²) in [6.45, 7) is 3.62. The first-order valence-electron chi connectivity index (χ1n) is 4.04. The molecule has 1 rings (SSSR count). The van der Waals surface area contributed by atoms with E-state index in [-0.39, 0.29) is 12.5 Å². The van der Waals surface area contributed by atoms with Gasteiger partial charge in [0.1, 0.15) is 6.10 Å². The lowest BCUT2D eigenvalue weighted by atomic mass is 9.84. The van der Waals surface area contributed by atoms with E-state index in [1.807, 2.05) is 0 Å². The second kappa shape index (κ2) is 3.30. The number of hydrogen-bond acceptors (Lipinski definition) is 4. The quantitative estimate of drug-likeness (QED) is 0.577. The molecule has 0 amide bonds. The van der Waals surface area contributed by atoms with Crippen LogP contribution in [-0.2, 0) is 9.47 Å². The van der Waals surface area contributed by atoms with Gasteiger partial charge in [0.25, 0.3) is 0 Å². The van der Waals surface area contributed by atoms with E-state index in [0.29, 0.717) is 0 Å². The summed E-state index contributed by atoms with van der Waals surface area (Å²) in [4.78, 5) is 0. The van der Waals surface area contributed by atoms with Crippen LogP contribution in [0.15, 0.2) is 0 Å². The Morgan fingerprint density at radius 2 is 2.17 bits per heavy atom. The highest BCUT2D eigenvalue weighted by atomic mass is 16.7. The Morgan fingerprint density at radius 1 is 1.58 bits per heavy atom. The summed E-state index contributed by atoms with van der Waals surface area (Å²) in [5.41, 5.74) is -0.964. The van der Waals surface area contributed by atoms with Crippen molar-refractivity contribution in [2.24, 2.45) is 5.92 Å². The molecule has 0 aromatic rings. The molecule has 0 bridgehead atoms. The highest BCUT2D eigenvalue weighted by Crippen LogP contribution is 2.29. The van der Waals surface area contributed by atoms with Gasteiger partial charge in [0.05, 0.1) is 12.2 Å². The molecule has 0 radical (unpaired) electrons. The molecule has 2 N–H and O–H groups in total. The Labute approximate surface area is 72.1 Å². The van der Waals surface area contributed by atoms with E-state index in [1.54, 1.807) is 13.8 Å². The van der Waals surface area contributed by atoms with Crippen LogP contribution in [-0.4, -0.2) is 41.9 Å². The average Bonchev–Trinajstić information content (AvgIpc) is 2.01. The van der Waals surface area contributed by atoms with Crippen molar-refractivity contribution in [3.8, 4) is 0 Å². The molecule has 4 atom stereocenters. The van der Waals surface area contributed by atoms with E-state index in [1.165, 1.54) is 7.11 Å². The van der Waals surface area contributed by atoms with Crippen molar-refractivity contribution in [3.63, 3.8) is 0 Å². The Hall–Kier alpha value is -0.160. The first-order valence-corrected chi connectivity index (χ1v) is 4.04.